The molecule has 2 N–H and O–H groups in total. The minimum absolute atomic E-state index is 0. The highest BCUT2D eigenvalue weighted by molar-refractivity contribution is 7.10. The molecule has 2 aromatic heterocycles. The largest absolute Gasteiger partial charge is 0.434 e. The molecule has 0 spiro atoms. The van der Waals surface area contributed by atoms with Gasteiger partial charge < -0.3 is 10.6 Å². The summed E-state index contributed by atoms with van der Waals surface area (Å²) in [4.78, 5) is 20.9. The van der Waals surface area contributed by atoms with Crippen molar-refractivity contribution < 1.29 is 18.0 Å². The van der Waals surface area contributed by atoms with Gasteiger partial charge >= 0.3 is 6.18 Å². The van der Waals surface area contributed by atoms with Crippen LogP contribution in [0.5, 0.6) is 0 Å². The zero-order valence-electron chi connectivity index (χ0n) is 11.3. The van der Waals surface area contributed by atoms with E-state index in [1.807, 2.05) is 0 Å². The maximum absolute atomic E-state index is 12.4. The number of nitrogens with zero attached hydrogens (tertiary/aromatic N) is 3. The second-order valence-electron chi connectivity index (χ2n) is 4.12. The third-order valence-electron chi connectivity index (χ3n) is 2.51. The first-order valence-electron chi connectivity index (χ1n) is 5.72. The third-order valence-corrected chi connectivity index (χ3v) is 4.21. The summed E-state index contributed by atoms with van der Waals surface area (Å²) in [5.41, 5.74) is 4.70. The number of halogens is 4. The van der Waals surface area contributed by atoms with Gasteiger partial charge in [0.25, 0.3) is 5.91 Å². The Morgan fingerprint density at radius 1 is 1.27 bits per heavy atom. The van der Waals surface area contributed by atoms with Crippen LogP contribution in [0.4, 0.5) is 13.2 Å². The maximum atomic E-state index is 12.4. The van der Waals surface area contributed by atoms with Crippen LogP contribution < -0.4 is 5.73 Å². The molecule has 0 radical (unpaired) electrons. The van der Waals surface area contributed by atoms with Gasteiger partial charge in [-0.05, 0) is 0 Å². The van der Waals surface area contributed by atoms with Gasteiger partial charge in [-0.15, -0.1) is 35.1 Å². The number of aromatic nitrogens is 2. The Morgan fingerprint density at radius 2 is 1.91 bits per heavy atom. The molecule has 0 aromatic carbocycles. The van der Waals surface area contributed by atoms with Crippen LogP contribution in [-0.2, 0) is 19.3 Å². The van der Waals surface area contributed by atoms with Crippen molar-refractivity contribution in [2.24, 2.45) is 5.73 Å². The van der Waals surface area contributed by atoms with Gasteiger partial charge in [-0.25, -0.2) is 9.97 Å². The number of hydrogen-bond donors (Lipinski definition) is 1. The molecule has 22 heavy (non-hydrogen) atoms. The molecule has 2 heterocycles. The first-order chi connectivity index (χ1) is 9.81. The van der Waals surface area contributed by atoms with Crippen LogP contribution in [0.15, 0.2) is 10.8 Å². The van der Waals surface area contributed by atoms with Gasteiger partial charge in [0.1, 0.15) is 15.7 Å². The van der Waals surface area contributed by atoms with Crippen molar-refractivity contribution in [2.75, 3.05) is 7.05 Å². The van der Waals surface area contributed by atoms with Gasteiger partial charge in [-0.1, -0.05) is 0 Å². The lowest BCUT2D eigenvalue weighted by atomic mass is 10.4. The van der Waals surface area contributed by atoms with E-state index in [9.17, 15) is 18.0 Å². The number of carbonyl (C=O) groups is 1. The van der Waals surface area contributed by atoms with E-state index in [2.05, 4.69) is 9.97 Å². The summed E-state index contributed by atoms with van der Waals surface area (Å²) >= 11 is 2.13. The highest BCUT2D eigenvalue weighted by Crippen LogP contribution is 2.30. The summed E-state index contributed by atoms with van der Waals surface area (Å²) in [6.07, 6.45) is -4.47. The number of rotatable bonds is 4. The fourth-order valence-corrected chi connectivity index (χ4v) is 2.99. The van der Waals surface area contributed by atoms with E-state index in [1.165, 1.54) is 23.3 Å². The van der Waals surface area contributed by atoms with Crippen molar-refractivity contribution in [1.29, 1.82) is 0 Å². The predicted octanol–water partition coefficient (Wildman–Crippen LogP) is 2.77. The molecule has 0 aliphatic heterocycles. The summed E-state index contributed by atoms with van der Waals surface area (Å²) in [5.74, 6) is -0.380. The molecule has 0 bridgehead atoms. The molecule has 0 fully saturated rings. The Morgan fingerprint density at radius 3 is 2.41 bits per heavy atom. The molecule has 0 saturated carbocycles. The third kappa shape index (κ3) is 4.38. The number of amides is 1. The number of nitrogens with two attached hydrogens (primary N) is 1. The van der Waals surface area contributed by atoms with E-state index in [0.717, 1.165) is 16.7 Å². The summed E-state index contributed by atoms with van der Waals surface area (Å²) in [6, 6.07) is 0. The fourth-order valence-electron chi connectivity index (χ4n) is 1.49. The minimum atomic E-state index is -4.47. The Bertz CT molecular complexity index is 643. The molecule has 2 aromatic rings. The van der Waals surface area contributed by atoms with Crippen LogP contribution in [-0.4, -0.2) is 27.8 Å². The summed E-state index contributed by atoms with van der Waals surface area (Å²) in [6.45, 7) is 0.234. The molecule has 1 amide bonds. The molecule has 5 nitrogen and oxygen atoms in total. The van der Waals surface area contributed by atoms with E-state index in [-0.39, 0.29) is 42.1 Å². The minimum Gasteiger partial charge on any atom is -0.334 e. The molecular formula is C11H12ClF3N4OS2. The van der Waals surface area contributed by atoms with Crippen LogP contribution >= 0.6 is 35.1 Å². The van der Waals surface area contributed by atoms with Crippen molar-refractivity contribution in [2.45, 2.75) is 19.3 Å². The Balaban J connectivity index is 0.00000242. The van der Waals surface area contributed by atoms with Crippen LogP contribution in [0.2, 0.25) is 0 Å². The average molecular weight is 373 g/mol. The smallest absolute Gasteiger partial charge is 0.334 e. The SMILES string of the molecule is CN(Cc1nc(C(F)(F)F)cs1)C(=O)c1csc(CN)n1.Cl. The number of carbonyl (C=O) groups excluding carboxylic acids is 1. The first-order valence-corrected chi connectivity index (χ1v) is 7.48. The lowest BCUT2D eigenvalue weighted by molar-refractivity contribution is -0.140. The van der Waals surface area contributed by atoms with Crippen molar-refractivity contribution in [3.05, 3.63) is 32.2 Å². The first kappa shape index (κ1) is 18.8. The Labute approximate surface area is 138 Å². The van der Waals surface area contributed by atoms with Crippen LogP contribution in [0, 0.1) is 0 Å². The zero-order valence-corrected chi connectivity index (χ0v) is 13.7. The molecule has 0 unspecified atom stereocenters. The monoisotopic (exact) mass is 372 g/mol. The Hall–Kier alpha value is -1.23. The van der Waals surface area contributed by atoms with E-state index >= 15 is 0 Å². The average Bonchev–Trinajstić information content (AvgIpc) is 3.05. The molecule has 0 atom stereocenters. The van der Waals surface area contributed by atoms with Gasteiger partial charge in [-0.3, -0.25) is 4.79 Å². The number of hydrogen-bond acceptors (Lipinski definition) is 6. The Kier molecular flexibility index (Phi) is 6.29. The topological polar surface area (TPSA) is 72.1 Å². The zero-order chi connectivity index (χ0) is 15.6. The maximum Gasteiger partial charge on any atom is 0.434 e. The van der Waals surface area contributed by atoms with Gasteiger partial charge in [0.2, 0.25) is 0 Å². The molecule has 122 valence electrons. The van der Waals surface area contributed by atoms with Crippen molar-refractivity contribution in [3.8, 4) is 0 Å². The highest BCUT2D eigenvalue weighted by atomic mass is 35.5. The number of alkyl halides is 3. The summed E-state index contributed by atoms with van der Waals surface area (Å²) < 4.78 is 37.3. The molecule has 0 saturated heterocycles. The number of thiazole rings is 2. The van der Waals surface area contributed by atoms with Crippen molar-refractivity contribution in [3.63, 3.8) is 0 Å². The molecule has 2 rings (SSSR count). The van der Waals surface area contributed by atoms with Gasteiger partial charge in [0, 0.05) is 24.4 Å². The fraction of sp³-hybridized carbons (Fsp3) is 0.364. The lowest BCUT2D eigenvalue weighted by Crippen LogP contribution is -2.26. The second kappa shape index (κ2) is 7.36. The van der Waals surface area contributed by atoms with E-state index in [1.54, 1.807) is 5.38 Å². The van der Waals surface area contributed by atoms with Crippen molar-refractivity contribution in [1.82, 2.24) is 14.9 Å². The second-order valence-corrected chi connectivity index (χ2v) is 6.00. The normalized spacial score (nSPS) is 11.1. The van der Waals surface area contributed by atoms with Crippen LogP contribution in [0.1, 0.15) is 26.2 Å². The van der Waals surface area contributed by atoms with E-state index in [0.29, 0.717) is 5.01 Å². The highest BCUT2D eigenvalue weighted by Gasteiger charge is 2.33. The quantitative estimate of drug-likeness (QED) is 0.895. The molecular weight excluding hydrogens is 361 g/mol. The van der Waals surface area contributed by atoms with Gasteiger partial charge in [0.05, 0.1) is 6.54 Å². The van der Waals surface area contributed by atoms with Crippen LogP contribution in [0.25, 0.3) is 0 Å². The standard InChI is InChI=1S/C11H11F3N4OS2.ClH/c1-18(10(19)6-4-20-8(2-15)16-6)3-9-17-7(5-21-9)11(12,13)14;/h4-5H,2-3,15H2,1H3;1H. The molecule has 0 aliphatic rings. The van der Waals surface area contributed by atoms with Crippen LogP contribution in [0.3, 0.4) is 0 Å². The van der Waals surface area contributed by atoms with Gasteiger partial charge in [-0.2, -0.15) is 13.2 Å². The molecule has 0 aliphatic carbocycles. The van der Waals surface area contributed by atoms with Crippen molar-refractivity contribution >= 4 is 41.0 Å². The van der Waals surface area contributed by atoms with Gasteiger partial charge in [0.15, 0.2) is 5.69 Å². The van der Waals surface area contributed by atoms with E-state index in [4.69, 9.17) is 5.73 Å². The summed E-state index contributed by atoms with van der Waals surface area (Å²) in [5, 5.41) is 3.35. The predicted molar refractivity (Wildman–Crippen MR) is 80.2 cm³/mol. The lowest BCUT2D eigenvalue weighted by Gasteiger charge is -2.13. The summed E-state index contributed by atoms with van der Waals surface area (Å²) in [7, 11) is 1.48. The molecule has 11 heteroatoms. The van der Waals surface area contributed by atoms with E-state index < -0.39 is 11.9 Å².